The van der Waals surface area contributed by atoms with E-state index in [1.165, 1.54) is 14.2 Å². The highest BCUT2D eigenvalue weighted by atomic mass is 79.9. The number of hydrogen-bond acceptors (Lipinski definition) is 3. The van der Waals surface area contributed by atoms with Crippen molar-refractivity contribution in [2.75, 3.05) is 6.61 Å². The summed E-state index contributed by atoms with van der Waals surface area (Å²) in [6.45, 7) is 9.84. The van der Waals surface area contributed by atoms with Gasteiger partial charge in [0.25, 0.3) is 0 Å². The highest BCUT2D eigenvalue weighted by molar-refractivity contribution is 9.10. The maximum atomic E-state index is 9.10. The Bertz CT molecular complexity index is 337. The summed E-state index contributed by atoms with van der Waals surface area (Å²) in [4.78, 5) is 2.65. The summed E-state index contributed by atoms with van der Waals surface area (Å²) in [5.41, 5.74) is 0.173. The van der Waals surface area contributed by atoms with E-state index in [0.717, 1.165) is 13.0 Å². The normalized spacial score (nSPS) is 14.0. The van der Waals surface area contributed by atoms with Gasteiger partial charge in [-0.05, 0) is 40.8 Å². The fourth-order valence-electron chi connectivity index (χ4n) is 1.80. The van der Waals surface area contributed by atoms with Crippen molar-refractivity contribution in [1.82, 2.24) is 5.32 Å². The Kier molecular flexibility index (Phi) is 5.64. The molecule has 0 bridgehead atoms. The van der Waals surface area contributed by atoms with Gasteiger partial charge >= 0.3 is 0 Å². The van der Waals surface area contributed by atoms with Gasteiger partial charge in [0.15, 0.2) is 0 Å². The topological polar surface area (TPSA) is 32.3 Å². The van der Waals surface area contributed by atoms with Gasteiger partial charge < -0.3 is 10.4 Å². The molecule has 2 N–H and O–H groups in total. The van der Waals surface area contributed by atoms with Crippen LogP contribution in [0.4, 0.5) is 0 Å². The van der Waals surface area contributed by atoms with Crippen LogP contribution in [0.25, 0.3) is 0 Å². The van der Waals surface area contributed by atoms with Crippen LogP contribution in [-0.2, 0) is 6.54 Å². The maximum absolute atomic E-state index is 9.10. The van der Waals surface area contributed by atoms with Gasteiger partial charge in [0, 0.05) is 33.4 Å². The molecule has 0 aliphatic heterocycles. The fourth-order valence-corrected chi connectivity index (χ4v) is 3.35. The van der Waals surface area contributed by atoms with Crippen LogP contribution in [0.2, 0.25) is 0 Å². The van der Waals surface area contributed by atoms with Gasteiger partial charge in [0.2, 0.25) is 0 Å². The molecule has 0 spiro atoms. The van der Waals surface area contributed by atoms with Crippen LogP contribution in [0.15, 0.2) is 10.5 Å². The van der Waals surface area contributed by atoms with E-state index >= 15 is 0 Å². The Morgan fingerprint density at radius 1 is 1.47 bits per heavy atom. The molecule has 0 aromatic carbocycles. The Labute approximate surface area is 117 Å². The predicted octanol–water partition coefficient (Wildman–Crippen LogP) is 3.71. The van der Waals surface area contributed by atoms with E-state index in [2.05, 4.69) is 55.0 Å². The summed E-state index contributed by atoms with van der Waals surface area (Å²) >= 11 is 5.35. The van der Waals surface area contributed by atoms with Crippen LogP contribution in [-0.4, -0.2) is 17.8 Å². The zero-order chi connectivity index (χ0) is 13.1. The summed E-state index contributed by atoms with van der Waals surface area (Å²) in [6.07, 6.45) is 0.801. The van der Waals surface area contributed by atoms with E-state index in [9.17, 15) is 0 Å². The first-order valence-corrected chi connectivity index (χ1v) is 7.54. The number of aliphatic hydroxyl groups excluding tert-OH is 1. The molecule has 0 fully saturated rings. The van der Waals surface area contributed by atoms with E-state index in [-0.39, 0.29) is 12.0 Å². The molecule has 1 atom stereocenters. The van der Waals surface area contributed by atoms with Crippen molar-refractivity contribution in [3.05, 3.63) is 20.3 Å². The van der Waals surface area contributed by atoms with Gasteiger partial charge in [0.1, 0.15) is 0 Å². The highest BCUT2D eigenvalue weighted by Gasteiger charge is 2.23. The van der Waals surface area contributed by atoms with Crippen molar-refractivity contribution < 1.29 is 5.11 Å². The molecule has 0 saturated heterocycles. The van der Waals surface area contributed by atoms with E-state index in [1.807, 2.05) is 11.3 Å². The van der Waals surface area contributed by atoms with Crippen LogP contribution in [0.5, 0.6) is 0 Å². The van der Waals surface area contributed by atoms with Gasteiger partial charge in [-0.25, -0.2) is 0 Å². The third-order valence-corrected chi connectivity index (χ3v) is 5.03. The van der Waals surface area contributed by atoms with Crippen molar-refractivity contribution in [3.63, 3.8) is 0 Å². The summed E-state index contributed by atoms with van der Waals surface area (Å²) in [5.74, 6) is 0. The molecule has 2 nitrogen and oxygen atoms in total. The highest BCUT2D eigenvalue weighted by Crippen LogP contribution is 2.27. The van der Waals surface area contributed by atoms with Crippen LogP contribution < -0.4 is 5.32 Å². The second-order valence-corrected chi connectivity index (χ2v) is 7.62. The number of rotatable bonds is 5. The van der Waals surface area contributed by atoms with E-state index in [0.29, 0.717) is 6.04 Å². The summed E-state index contributed by atoms with van der Waals surface area (Å²) in [6, 6.07) is 2.51. The lowest BCUT2D eigenvalue weighted by Gasteiger charge is -2.31. The number of thiophene rings is 1. The van der Waals surface area contributed by atoms with Crippen LogP contribution in [0, 0.1) is 12.3 Å². The molecule has 0 saturated carbocycles. The minimum atomic E-state index is 0.173. The van der Waals surface area contributed by atoms with Crippen LogP contribution in [0.1, 0.15) is 36.9 Å². The molecule has 1 aromatic rings. The van der Waals surface area contributed by atoms with Crippen molar-refractivity contribution in [3.8, 4) is 0 Å². The Morgan fingerprint density at radius 3 is 2.53 bits per heavy atom. The third-order valence-electron chi connectivity index (χ3n) is 2.89. The lowest BCUT2D eigenvalue weighted by Crippen LogP contribution is -2.40. The molecule has 0 aliphatic carbocycles. The maximum Gasteiger partial charge on any atom is 0.0446 e. The Hall–Kier alpha value is 0.100. The molecule has 0 amide bonds. The van der Waals surface area contributed by atoms with Crippen LogP contribution in [0.3, 0.4) is 0 Å². The summed E-state index contributed by atoms with van der Waals surface area (Å²) in [5, 5.41) is 12.6. The van der Waals surface area contributed by atoms with Gasteiger partial charge in [-0.15, -0.1) is 11.3 Å². The molecule has 1 aromatic heterocycles. The van der Waals surface area contributed by atoms with Gasteiger partial charge in [-0.2, -0.15) is 0 Å². The van der Waals surface area contributed by atoms with Gasteiger partial charge in [-0.3, -0.25) is 0 Å². The summed E-state index contributed by atoms with van der Waals surface area (Å²) < 4.78 is 1.19. The molecular formula is C13H22BrNOS. The van der Waals surface area contributed by atoms with Crippen molar-refractivity contribution in [1.29, 1.82) is 0 Å². The van der Waals surface area contributed by atoms with Crippen LogP contribution >= 0.6 is 27.3 Å². The number of nitrogens with one attached hydrogen (secondary N) is 1. The monoisotopic (exact) mass is 319 g/mol. The van der Waals surface area contributed by atoms with E-state index < -0.39 is 0 Å². The fraction of sp³-hybridized carbons (Fsp3) is 0.692. The molecule has 1 heterocycles. The molecule has 98 valence electrons. The standard InChI is InChI=1S/C13H22BrNOS/c1-9-11(14)7-10(17-9)8-15-12(5-6-16)13(2,3)4/h7,12,15-16H,5-6,8H2,1-4H3. The average Bonchev–Trinajstić information content (AvgIpc) is 2.51. The van der Waals surface area contributed by atoms with Crippen molar-refractivity contribution in [2.45, 2.75) is 46.7 Å². The largest absolute Gasteiger partial charge is 0.396 e. The number of hydrogen-bond donors (Lipinski definition) is 2. The van der Waals surface area contributed by atoms with E-state index in [4.69, 9.17) is 5.11 Å². The van der Waals surface area contributed by atoms with E-state index in [1.54, 1.807) is 0 Å². The second kappa shape index (κ2) is 6.32. The van der Waals surface area contributed by atoms with Crippen molar-refractivity contribution in [2.24, 2.45) is 5.41 Å². The third kappa shape index (κ3) is 4.70. The minimum absolute atomic E-state index is 0.173. The number of halogens is 1. The first-order chi connectivity index (χ1) is 7.84. The number of aliphatic hydroxyl groups is 1. The Morgan fingerprint density at radius 2 is 2.12 bits per heavy atom. The lowest BCUT2D eigenvalue weighted by molar-refractivity contribution is 0.197. The lowest BCUT2D eigenvalue weighted by atomic mass is 9.85. The molecule has 1 unspecified atom stereocenters. The molecule has 1 rings (SSSR count). The SMILES string of the molecule is Cc1sc(CNC(CCO)C(C)(C)C)cc1Br. The molecule has 4 heteroatoms. The second-order valence-electron chi connectivity index (χ2n) is 5.43. The molecular weight excluding hydrogens is 298 g/mol. The van der Waals surface area contributed by atoms with Gasteiger partial charge in [0.05, 0.1) is 0 Å². The summed E-state index contributed by atoms with van der Waals surface area (Å²) in [7, 11) is 0. The molecule has 0 radical (unpaired) electrons. The minimum Gasteiger partial charge on any atom is -0.396 e. The predicted molar refractivity (Wildman–Crippen MR) is 78.5 cm³/mol. The smallest absolute Gasteiger partial charge is 0.0446 e. The Balaban J connectivity index is 2.57. The molecule has 17 heavy (non-hydrogen) atoms. The van der Waals surface area contributed by atoms with Crippen molar-refractivity contribution >= 4 is 27.3 Å². The molecule has 0 aliphatic rings. The first-order valence-electron chi connectivity index (χ1n) is 5.93. The average molecular weight is 320 g/mol. The quantitative estimate of drug-likeness (QED) is 0.867. The first kappa shape index (κ1) is 15.2. The van der Waals surface area contributed by atoms with Gasteiger partial charge in [-0.1, -0.05) is 20.8 Å². The zero-order valence-corrected chi connectivity index (χ0v) is 13.4. The number of aryl methyl sites for hydroxylation is 1. The zero-order valence-electron chi connectivity index (χ0n) is 11.0.